The SMILES string of the molecule is CCc1cnn2c1NCCC2c1cccc(F)c1. The number of halogens is 1. The van der Waals surface area contributed by atoms with Gasteiger partial charge >= 0.3 is 0 Å². The molecular formula is C14H16FN3. The van der Waals surface area contributed by atoms with Gasteiger partial charge in [0.05, 0.1) is 12.2 Å². The molecule has 0 saturated heterocycles. The van der Waals surface area contributed by atoms with E-state index < -0.39 is 0 Å². The minimum Gasteiger partial charge on any atom is -0.370 e. The lowest BCUT2D eigenvalue weighted by atomic mass is 10.0. The number of hydrogen-bond donors (Lipinski definition) is 1. The first-order valence-electron chi connectivity index (χ1n) is 6.35. The van der Waals surface area contributed by atoms with Crippen molar-refractivity contribution in [1.82, 2.24) is 9.78 Å². The van der Waals surface area contributed by atoms with Gasteiger partial charge in [0.25, 0.3) is 0 Å². The fourth-order valence-corrected chi connectivity index (χ4v) is 2.56. The average molecular weight is 245 g/mol. The lowest BCUT2D eigenvalue weighted by Gasteiger charge is -2.26. The molecule has 1 atom stereocenters. The van der Waals surface area contributed by atoms with Crippen LogP contribution in [0.3, 0.4) is 0 Å². The van der Waals surface area contributed by atoms with Crippen LogP contribution in [0.4, 0.5) is 10.2 Å². The predicted molar refractivity (Wildman–Crippen MR) is 69.3 cm³/mol. The molecule has 1 unspecified atom stereocenters. The van der Waals surface area contributed by atoms with Crippen molar-refractivity contribution in [3.63, 3.8) is 0 Å². The van der Waals surface area contributed by atoms with Gasteiger partial charge in [-0.2, -0.15) is 5.10 Å². The van der Waals surface area contributed by atoms with Gasteiger partial charge in [-0.1, -0.05) is 19.1 Å². The molecule has 0 aliphatic carbocycles. The van der Waals surface area contributed by atoms with Crippen LogP contribution in [0.1, 0.15) is 30.5 Å². The van der Waals surface area contributed by atoms with Gasteiger partial charge in [0.15, 0.2) is 0 Å². The van der Waals surface area contributed by atoms with Gasteiger partial charge in [-0.05, 0) is 30.5 Å². The minimum absolute atomic E-state index is 0.136. The second kappa shape index (κ2) is 4.44. The van der Waals surface area contributed by atoms with Crippen LogP contribution in [0.5, 0.6) is 0 Å². The normalized spacial score (nSPS) is 18.2. The third-order valence-corrected chi connectivity index (χ3v) is 3.49. The molecule has 1 N–H and O–H groups in total. The van der Waals surface area contributed by atoms with Crippen molar-refractivity contribution >= 4 is 5.82 Å². The van der Waals surface area contributed by atoms with Crippen LogP contribution in [0.2, 0.25) is 0 Å². The lowest BCUT2D eigenvalue weighted by Crippen LogP contribution is -2.24. The molecule has 2 aromatic rings. The largest absolute Gasteiger partial charge is 0.370 e. The first kappa shape index (κ1) is 11.3. The van der Waals surface area contributed by atoms with E-state index in [2.05, 4.69) is 17.3 Å². The van der Waals surface area contributed by atoms with Crippen molar-refractivity contribution < 1.29 is 4.39 Å². The third kappa shape index (κ3) is 1.78. The van der Waals surface area contributed by atoms with Crippen molar-refractivity contribution in [1.29, 1.82) is 0 Å². The molecule has 94 valence electrons. The molecule has 0 radical (unpaired) electrons. The quantitative estimate of drug-likeness (QED) is 0.881. The Morgan fingerprint density at radius 2 is 2.39 bits per heavy atom. The average Bonchev–Trinajstić information content (AvgIpc) is 2.81. The summed E-state index contributed by atoms with van der Waals surface area (Å²) in [5.74, 6) is 0.897. The van der Waals surface area contributed by atoms with E-state index in [-0.39, 0.29) is 11.9 Å². The van der Waals surface area contributed by atoms with Crippen LogP contribution in [-0.4, -0.2) is 16.3 Å². The van der Waals surface area contributed by atoms with Gasteiger partial charge in [-0.15, -0.1) is 0 Å². The molecule has 0 bridgehead atoms. The predicted octanol–water partition coefficient (Wildman–Crippen LogP) is 2.99. The molecule has 1 aromatic carbocycles. The van der Waals surface area contributed by atoms with Crippen LogP contribution in [0.15, 0.2) is 30.5 Å². The Labute approximate surface area is 106 Å². The van der Waals surface area contributed by atoms with Gasteiger partial charge < -0.3 is 5.32 Å². The maximum atomic E-state index is 13.3. The summed E-state index contributed by atoms with van der Waals surface area (Å²) in [4.78, 5) is 0. The molecule has 3 rings (SSSR count). The van der Waals surface area contributed by atoms with E-state index in [4.69, 9.17) is 0 Å². The highest BCUT2D eigenvalue weighted by molar-refractivity contribution is 5.47. The van der Waals surface area contributed by atoms with Gasteiger partial charge in [0.2, 0.25) is 0 Å². The van der Waals surface area contributed by atoms with E-state index in [1.165, 1.54) is 11.6 Å². The van der Waals surface area contributed by atoms with Crippen LogP contribution in [-0.2, 0) is 6.42 Å². The number of benzene rings is 1. The Kier molecular flexibility index (Phi) is 2.78. The topological polar surface area (TPSA) is 29.9 Å². The Morgan fingerprint density at radius 3 is 3.17 bits per heavy atom. The minimum atomic E-state index is -0.185. The zero-order valence-corrected chi connectivity index (χ0v) is 10.4. The maximum absolute atomic E-state index is 13.3. The van der Waals surface area contributed by atoms with Gasteiger partial charge in [-0.25, -0.2) is 9.07 Å². The zero-order valence-electron chi connectivity index (χ0n) is 10.4. The van der Waals surface area contributed by atoms with E-state index in [1.54, 1.807) is 12.1 Å². The van der Waals surface area contributed by atoms with Crippen molar-refractivity contribution in [3.8, 4) is 0 Å². The van der Waals surface area contributed by atoms with Crippen molar-refractivity contribution in [3.05, 3.63) is 47.4 Å². The summed E-state index contributed by atoms with van der Waals surface area (Å²) in [5.41, 5.74) is 2.21. The number of fused-ring (bicyclic) bond motifs is 1. The zero-order chi connectivity index (χ0) is 12.5. The van der Waals surface area contributed by atoms with Crippen LogP contribution in [0, 0.1) is 5.82 Å². The summed E-state index contributed by atoms with van der Waals surface area (Å²) in [6.07, 6.45) is 3.79. The fraction of sp³-hybridized carbons (Fsp3) is 0.357. The third-order valence-electron chi connectivity index (χ3n) is 3.49. The Bertz CT molecular complexity index is 562. The molecule has 4 heteroatoms. The Morgan fingerprint density at radius 1 is 1.50 bits per heavy atom. The molecule has 1 aliphatic rings. The number of rotatable bonds is 2. The van der Waals surface area contributed by atoms with Crippen LogP contribution >= 0.6 is 0 Å². The monoisotopic (exact) mass is 245 g/mol. The summed E-state index contributed by atoms with van der Waals surface area (Å²) in [6, 6.07) is 6.95. The molecular weight excluding hydrogens is 229 g/mol. The highest BCUT2D eigenvalue weighted by atomic mass is 19.1. The number of anilines is 1. The molecule has 1 aromatic heterocycles. The van der Waals surface area contributed by atoms with E-state index in [0.29, 0.717) is 0 Å². The summed E-state index contributed by atoms with van der Waals surface area (Å²) in [5, 5.41) is 7.83. The van der Waals surface area contributed by atoms with Gasteiger partial charge in [-0.3, -0.25) is 0 Å². The Hall–Kier alpha value is -1.84. The van der Waals surface area contributed by atoms with E-state index in [0.717, 1.165) is 30.8 Å². The summed E-state index contributed by atoms with van der Waals surface area (Å²) in [6.45, 7) is 3.02. The molecule has 18 heavy (non-hydrogen) atoms. The first-order chi connectivity index (χ1) is 8.79. The highest BCUT2D eigenvalue weighted by Gasteiger charge is 2.23. The number of nitrogens with zero attached hydrogens (tertiary/aromatic N) is 2. The van der Waals surface area contributed by atoms with Gasteiger partial charge in [0, 0.05) is 12.1 Å². The standard InChI is InChI=1S/C14H16FN3/c1-2-10-9-17-18-13(6-7-16-14(10)18)11-4-3-5-12(15)8-11/h3-5,8-9,13,16H,2,6-7H2,1H3. The molecule has 0 amide bonds. The van der Waals surface area contributed by atoms with Crippen LogP contribution in [0.25, 0.3) is 0 Å². The lowest BCUT2D eigenvalue weighted by molar-refractivity contribution is 0.478. The fourth-order valence-electron chi connectivity index (χ4n) is 2.56. The Balaban J connectivity index is 2.03. The number of aromatic nitrogens is 2. The summed E-state index contributed by atoms with van der Waals surface area (Å²) in [7, 11) is 0. The van der Waals surface area contributed by atoms with E-state index in [9.17, 15) is 4.39 Å². The van der Waals surface area contributed by atoms with Crippen LogP contribution < -0.4 is 5.32 Å². The maximum Gasteiger partial charge on any atom is 0.128 e. The van der Waals surface area contributed by atoms with Gasteiger partial charge in [0.1, 0.15) is 11.6 Å². The smallest absolute Gasteiger partial charge is 0.128 e. The van der Waals surface area contributed by atoms with E-state index >= 15 is 0 Å². The summed E-state index contributed by atoms with van der Waals surface area (Å²) < 4.78 is 15.3. The number of aryl methyl sites for hydroxylation is 1. The highest BCUT2D eigenvalue weighted by Crippen LogP contribution is 2.31. The van der Waals surface area contributed by atoms with E-state index in [1.807, 2.05) is 16.9 Å². The molecule has 1 aliphatic heterocycles. The molecule has 0 fully saturated rings. The number of hydrogen-bond acceptors (Lipinski definition) is 2. The number of nitrogens with one attached hydrogen (secondary N) is 1. The van der Waals surface area contributed by atoms with Crippen molar-refractivity contribution in [2.45, 2.75) is 25.8 Å². The molecule has 0 saturated carbocycles. The second-order valence-corrected chi connectivity index (χ2v) is 4.60. The molecule has 2 heterocycles. The second-order valence-electron chi connectivity index (χ2n) is 4.60. The molecule has 3 nitrogen and oxygen atoms in total. The first-order valence-corrected chi connectivity index (χ1v) is 6.35. The summed E-state index contributed by atoms with van der Waals surface area (Å²) >= 11 is 0. The van der Waals surface area contributed by atoms with Crippen molar-refractivity contribution in [2.24, 2.45) is 0 Å². The molecule has 0 spiro atoms. The van der Waals surface area contributed by atoms with Crippen molar-refractivity contribution in [2.75, 3.05) is 11.9 Å².